The van der Waals surface area contributed by atoms with Gasteiger partial charge in [-0.15, -0.1) is 0 Å². The molecule has 0 aromatic rings. The van der Waals surface area contributed by atoms with E-state index in [1.165, 1.54) is 4.81 Å². The molecule has 0 saturated carbocycles. The molecule has 56 valence electrons. The van der Waals surface area contributed by atoms with Crippen molar-refractivity contribution < 1.29 is 4.79 Å². The maximum Gasteiger partial charge on any atom is 0.183 e. The summed E-state index contributed by atoms with van der Waals surface area (Å²) in [6.45, 7) is 0.466. The average Bonchev–Trinajstić information content (AvgIpc) is 2.32. The molecule has 11 heavy (non-hydrogen) atoms. The number of carbonyl (C=O) groups excluding carboxylic acids is 1. The molecular weight excluding hydrogens is 143 g/mol. The minimum atomic E-state index is -0.287. The fraction of sp³-hybridized carbons (Fsp3) is 0.800. The Morgan fingerprint density at radius 2 is 2.55 bits per heavy atom. The zero-order valence-corrected chi connectivity index (χ0v) is 5.92. The fourth-order valence-electron chi connectivity index (χ4n) is 1.16. The van der Waals surface area contributed by atoms with Crippen molar-refractivity contribution >= 4 is 14.3 Å². The standard InChI is InChI=1S/C5H7BN4O/c6-10-2-4(8-9-7)1-5(10)3-11/h3-5H,1-2H2/t4-,5+/m0/s1. The minimum absolute atomic E-state index is 0.153. The first-order valence-electron chi connectivity index (χ1n) is 3.28. The molecule has 0 amide bonds. The molecule has 0 N–H and O–H groups in total. The van der Waals surface area contributed by atoms with Gasteiger partial charge < -0.3 is 9.61 Å². The van der Waals surface area contributed by atoms with Gasteiger partial charge in [0.2, 0.25) is 0 Å². The molecule has 0 aromatic heterocycles. The van der Waals surface area contributed by atoms with E-state index in [4.69, 9.17) is 13.5 Å². The Morgan fingerprint density at radius 1 is 1.82 bits per heavy atom. The van der Waals surface area contributed by atoms with Gasteiger partial charge in [0, 0.05) is 4.91 Å². The highest BCUT2D eigenvalue weighted by molar-refractivity contribution is 6.06. The van der Waals surface area contributed by atoms with Crippen molar-refractivity contribution in [3.05, 3.63) is 10.4 Å². The predicted octanol–water partition coefficient (Wildman–Crippen LogP) is 0.0220. The third-order valence-corrected chi connectivity index (χ3v) is 1.73. The molecule has 2 radical (unpaired) electrons. The summed E-state index contributed by atoms with van der Waals surface area (Å²) >= 11 is 0. The molecular formula is C5H7BN4O. The van der Waals surface area contributed by atoms with Crippen molar-refractivity contribution in [1.29, 1.82) is 0 Å². The number of hydrogen-bond acceptors (Lipinski definition) is 3. The molecule has 1 fully saturated rings. The summed E-state index contributed by atoms with van der Waals surface area (Å²) in [6, 6.07) is -0.439. The van der Waals surface area contributed by atoms with Gasteiger partial charge in [-0.05, 0) is 18.5 Å². The minimum Gasteiger partial charge on any atom is -0.345 e. The van der Waals surface area contributed by atoms with E-state index in [9.17, 15) is 4.79 Å². The highest BCUT2D eigenvalue weighted by Crippen LogP contribution is 2.16. The molecule has 5 nitrogen and oxygen atoms in total. The molecule has 1 rings (SSSR count). The average molecular weight is 150 g/mol. The molecule has 0 aliphatic carbocycles. The lowest BCUT2D eigenvalue weighted by Gasteiger charge is -2.11. The Balaban J connectivity index is 2.55. The van der Waals surface area contributed by atoms with Gasteiger partial charge in [-0.1, -0.05) is 5.11 Å². The van der Waals surface area contributed by atoms with Crippen LogP contribution in [0.15, 0.2) is 5.11 Å². The second-order valence-electron chi connectivity index (χ2n) is 2.49. The van der Waals surface area contributed by atoms with Crippen molar-refractivity contribution in [2.75, 3.05) is 6.54 Å². The van der Waals surface area contributed by atoms with E-state index in [0.717, 1.165) is 6.29 Å². The molecule has 6 heteroatoms. The van der Waals surface area contributed by atoms with Gasteiger partial charge in [0.15, 0.2) is 7.98 Å². The van der Waals surface area contributed by atoms with Crippen molar-refractivity contribution in [3.8, 4) is 0 Å². The van der Waals surface area contributed by atoms with Crippen LogP contribution < -0.4 is 0 Å². The van der Waals surface area contributed by atoms with E-state index in [0.29, 0.717) is 13.0 Å². The second kappa shape index (κ2) is 3.41. The van der Waals surface area contributed by atoms with E-state index in [-0.39, 0.29) is 12.1 Å². The Bertz CT molecular complexity index is 203. The Labute approximate surface area is 65.4 Å². The molecule has 2 atom stereocenters. The van der Waals surface area contributed by atoms with Gasteiger partial charge in [-0.25, -0.2) is 0 Å². The van der Waals surface area contributed by atoms with E-state index >= 15 is 0 Å². The van der Waals surface area contributed by atoms with E-state index in [1.807, 2.05) is 0 Å². The topological polar surface area (TPSA) is 69.1 Å². The lowest BCUT2D eigenvalue weighted by molar-refractivity contribution is -0.110. The van der Waals surface area contributed by atoms with Crippen molar-refractivity contribution in [1.82, 2.24) is 4.81 Å². The van der Waals surface area contributed by atoms with Crippen LogP contribution >= 0.6 is 0 Å². The summed E-state index contributed by atoms with van der Waals surface area (Å²) < 4.78 is 0. The zero-order chi connectivity index (χ0) is 8.27. The van der Waals surface area contributed by atoms with Crippen LogP contribution in [0.4, 0.5) is 0 Å². The molecule has 1 aliphatic rings. The smallest absolute Gasteiger partial charge is 0.183 e. The summed E-state index contributed by atoms with van der Waals surface area (Å²) in [6.07, 6.45) is 1.30. The van der Waals surface area contributed by atoms with E-state index in [2.05, 4.69) is 10.0 Å². The Hall–Kier alpha value is -0.995. The molecule has 0 bridgehead atoms. The monoisotopic (exact) mass is 150 g/mol. The van der Waals surface area contributed by atoms with Crippen LogP contribution in [0.25, 0.3) is 10.4 Å². The Kier molecular flexibility index (Phi) is 2.51. The Morgan fingerprint density at radius 3 is 3.00 bits per heavy atom. The van der Waals surface area contributed by atoms with Crippen LogP contribution in [0.3, 0.4) is 0 Å². The van der Waals surface area contributed by atoms with Crippen LogP contribution in [-0.4, -0.2) is 37.7 Å². The van der Waals surface area contributed by atoms with E-state index < -0.39 is 0 Å². The van der Waals surface area contributed by atoms with Crippen LogP contribution in [0.2, 0.25) is 0 Å². The van der Waals surface area contributed by atoms with Gasteiger partial charge in [0.05, 0.1) is 12.1 Å². The van der Waals surface area contributed by atoms with Crippen molar-refractivity contribution in [2.24, 2.45) is 5.11 Å². The summed E-state index contributed by atoms with van der Waals surface area (Å²) in [7, 11) is 5.43. The summed E-state index contributed by atoms with van der Waals surface area (Å²) in [5.41, 5.74) is 8.08. The summed E-state index contributed by atoms with van der Waals surface area (Å²) in [5, 5.41) is 3.47. The number of aldehydes is 1. The first-order chi connectivity index (χ1) is 5.27. The van der Waals surface area contributed by atoms with E-state index in [1.54, 1.807) is 0 Å². The maximum atomic E-state index is 10.3. The SMILES string of the molecule is [B]N1C[C@@H](N=[N+]=[N-])C[C@@H]1C=O. The zero-order valence-electron chi connectivity index (χ0n) is 5.92. The number of azide groups is 1. The lowest BCUT2D eigenvalue weighted by Crippen LogP contribution is -2.27. The normalized spacial score (nSPS) is 31.3. The number of hydrogen-bond donors (Lipinski definition) is 0. The third-order valence-electron chi connectivity index (χ3n) is 1.73. The first-order valence-corrected chi connectivity index (χ1v) is 3.28. The molecule has 1 heterocycles. The fourth-order valence-corrected chi connectivity index (χ4v) is 1.16. The van der Waals surface area contributed by atoms with Crippen LogP contribution in [-0.2, 0) is 4.79 Å². The molecule has 1 saturated heterocycles. The van der Waals surface area contributed by atoms with Gasteiger partial charge in [0.25, 0.3) is 0 Å². The van der Waals surface area contributed by atoms with Crippen LogP contribution in [0.1, 0.15) is 6.42 Å². The van der Waals surface area contributed by atoms with Gasteiger partial charge in [-0.3, -0.25) is 0 Å². The molecule has 0 spiro atoms. The maximum absolute atomic E-state index is 10.3. The third kappa shape index (κ3) is 1.72. The largest absolute Gasteiger partial charge is 0.345 e. The number of rotatable bonds is 2. The molecule has 1 aliphatic heterocycles. The van der Waals surface area contributed by atoms with Gasteiger partial charge >= 0.3 is 0 Å². The second-order valence-corrected chi connectivity index (χ2v) is 2.49. The highest BCUT2D eigenvalue weighted by Gasteiger charge is 2.27. The van der Waals surface area contributed by atoms with Gasteiger partial charge in [-0.2, -0.15) is 0 Å². The van der Waals surface area contributed by atoms with Crippen LogP contribution in [0.5, 0.6) is 0 Å². The summed E-state index contributed by atoms with van der Waals surface area (Å²) in [5.74, 6) is 0. The van der Waals surface area contributed by atoms with Crippen molar-refractivity contribution in [2.45, 2.75) is 18.5 Å². The van der Waals surface area contributed by atoms with Crippen molar-refractivity contribution in [3.63, 3.8) is 0 Å². The summed E-state index contributed by atoms with van der Waals surface area (Å²) in [4.78, 5) is 14.4. The van der Waals surface area contributed by atoms with Crippen LogP contribution in [0, 0.1) is 0 Å². The lowest BCUT2D eigenvalue weighted by atomic mass is 10.2. The number of carbonyl (C=O) groups is 1. The highest BCUT2D eigenvalue weighted by atomic mass is 16.1. The first kappa shape index (κ1) is 8.10. The molecule has 0 aromatic carbocycles. The quantitative estimate of drug-likeness (QED) is 0.183. The number of nitrogens with zero attached hydrogens (tertiary/aromatic N) is 4. The van der Waals surface area contributed by atoms with Gasteiger partial charge in [0.1, 0.15) is 6.29 Å². The molecule has 0 unspecified atom stereocenters. The predicted molar refractivity (Wildman–Crippen MR) is 39.9 cm³/mol.